The second-order valence-corrected chi connectivity index (χ2v) is 2.03. The number of Topliss-reactive ketones (excluding diaryl/α,β-unsaturated/α-hetero) is 1. The molecule has 0 spiro atoms. The minimum absolute atomic E-state index is 0.262. The van der Waals surface area contributed by atoms with E-state index in [1.807, 2.05) is 13.8 Å². The van der Waals surface area contributed by atoms with Gasteiger partial charge in [0, 0.05) is 25.6 Å². The van der Waals surface area contributed by atoms with E-state index in [9.17, 15) is 4.79 Å². The van der Waals surface area contributed by atoms with Crippen LogP contribution in [0.2, 0.25) is 0 Å². The summed E-state index contributed by atoms with van der Waals surface area (Å²) in [5.74, 6) is 0.262. The van der Waals surface area contributed by atoms with Crippen LogP contribution in [0.5, 0.6) is 0 Å². The predicted molar refractivity (Wildman–Crippen MR) is 38.9 cm³/mol. The standard InChI is InChI=1S/C7H13NO/c1-4-7(9)5-6(2)8-3/h4-5H2,1-3H3. The SMILES string of the molecule is CCC(=O)CC(C)=NC. The molecule has 0 aliphatic rings. The Kier molecular flexibility index (Phi) is 3.93. The highest BCUT2D eigenvalue weighted by Crippen LogP contribution is 1.90. The van der Waals surface area contributed by atoms with Crippen molar-refractivity contribution in [3.05, 3.63) is 0 Å². The van der Waals surface area contributed by atoms with E-state index in [4.69, 9.17) is 0 Å². The third-order valence-electron chi connectivity index (χ3n) is 1.23. The molecule has 0 saturated carbocycles. The normalized spacial score (nSPS) is 11.7. The quantitative estimate of drug-likeness (QED) is 0.527. The van der Waals surface area contributed by atoms with Crippen molar-refractivity contribution < 1.29 is 4.79 Å². The predicted octanol–water partition coefficient (Wildman–Crippen LogP) is 1.45. The molecule has 0 aliphatic carbocycles. The summed E-state index contributed by atoms with van der Waals surface area (Å²) in [6, 6.07) is 0. The molecule has 0 amide bonds. The molecule has 2 heteroatoms. The molecule has 0 rings (SSSR count). The number of rotatable bonds is 3. The number of hydrogen-bond acceptors (Lipinski definition) is 2. The number of hydrogen-bond donors (Lipinski definition) is 0. The molecule has 0 aromatic carbocycles. The van der Waals surface area contributed by atoms with Crippen molar-refractivity contribution in [1.29, 1.82) is 0 Å². The molecule has 2 nitrogen and oxygen atoms in total. The Morgan fingerprint density at radius 3 is 2.44 bits per heavy atom. The number of ketones is 1. The number of carbonyl (C=O) groups is 1. The van der Waals surface area contributed by atoms with Crippen molar-refractivity contribution in [2.75, 3.05) is 7.05 Å². The third kappa shape index (κ3) is 3.88. The summed E-state index contributed by atoms with van der Waals surface area (Å²) in [5, 5.41) is 0. The highest BCUT2D eigenvalue weighted by Gasteiger charge is 1.97. The second kappa shape index (κ2) is 4.24. The van der Waals surface area contributed by atoms with Gasteiger partial charge in [-0.1, -0.05) is 6.92 Å². The summed E-state index contributed by atoms with van der Waals surface area (Å²) < 4.78 is 0. The lowest BCUT2D eigenvalue weighted by Gasteiger charge is -1.93. The summed E-state index contributed by atoms with van der Waals surface area (Å²) in [4.78, 5) is 14.6. The van der Waals surface area contributed by atoms with E-state index < -0.39 is 0 Å². The van der Waals surface area contributed by atoms with Gasteiger partial charge in [0.1, 0.15) is 5.78 Å². The number of carbonyl (C=O) groups excluding carboxylic acids is 1. The van der Waals surface area contributed by atoms with Crippen LogP contribution in [0, 0.1) is 0 Å². The lowest BCUT2D eigenvalue weighted by atomic mass is 10.2. The highest BCUT2D eigenvalue weighted by atomic mass is 16.1. The van der Waals surface area contributed by atoms with Crippen LogP contribution in [0.3, 0.4) is 0 Å². The van der Waals surface area contributed by atoms with Crippen LogP contribution < -0.4 is 0 Å². The van der Waals surface area contributed by atoms with Crippen molar-refractivity contribution in [1.82, 2.24) is 0 Å². The Morgan fingerprint density at radius 2 is 2.11 bits per heavy atom. The first-order valence-electron chi connectivity index (χ1n) is 3.14. The van der Waals surface area contributed by atoms with Crippen LogP contribution in [-0.2, 0) is 4.79 Å². The lowest BCUT2D eigenvalue weighted by molar-refractivity contribution is -0.117. The molecule has 0 radical (unpaired) electrons. The van der Waals surface area contributed by atoms with Crippen molar-refractivity contribution in [3.63, 3.8) is 0 Å². The summed E-state index contributed by atoms with van der Waals surface area (Å²) in [6.07, 6.45) is 1.14. The van der Waals surface area contributed by atoms with E-state index in [-0.39, 0.29) is 5.78 Å². The Morgan fingerprint density at radius 1 is 1.56 bits per heavy atom. The maximum absolute atomic E-state index is 10.7. The van der Waals surface area contributed by atoms with E-state index in [1.54, 1.807) is 7.05 Å². The van der Waals surface area contributed by atoms with Gasteiger partial charge in [0.15, 0.2) is 0 Å². The van der Waals surface area contributed by atoms with Crippen LogP contribution in [0.15, 0.2) is 4.99 Å². The fraction of sp³-hybridized carbons (Fsp3) is 0.714. The van der Waals surface area contributed by atoms with E-state index in [2.05, 4.69) is 4.99 Å². The maximum atomic E-state index is 10.7. The molecule has 0 aromatic rings. The van der Waals surface area contributed by atoms with Gasteiger partial charge in [0.05, 0.1) is 0 Å². The van der Waals surface area contributed by atoms with Gasteiger partial charge in [-0.3, -0.25) is 9.79 Å². The first kappa shape index (κ1) is 8.34. The molecule has 0 atom stereocenters. The molecule has 0 saturated heterocycles. The van der Waals surface area contributed by atoms with Gasteiger partial charge in [0.2, 0.25) is 0 Å². The van der Waals surface area contributed by atoms with Gasteiger partial charge >= 0.3 is 0 Å². The topological polar surface area (TPSA) is 29.4 Å². The molecule has 52 valence electrons. The largest absolute Gasteiger partial charge is 0.299 e. The second-order valence-electron chi connectivity index (χ2n) is 2.03. The number of aliphatic imine (C=N–C) groups is 1. The van der Waals surface area contributed by atoms with Crippen molar-refractivity contribution in [2.24, 2.45) is 4.99 Å². The number of nitrogens with zero attached hydrogens (tertiary/aromatic N) is 1. The monoisotopic (exact) mass is 127 g/mol. The van der Waals surface area contributed by atoms with E-state index in [0.717, 1.165) is 5.71 Å². The van der Waals surface area contributed by atoms with Crippen LogP contribution in [0.25, 0.3) is 0 Å². The zero-order valence-corrected chi connectivity index (χ0v) is 6.27. The zero-order chi connectivity index (χ0) is 7.28. The van der Waals surface area contributed by atoms with Crippen molar-refractivity contribution in [3.8, 4) is 0 Å². The third-order valence-corrected chi connectivity index (χ3v) is 1.23. The zero-order valence-electron chi connectivity index (χ0n) is 6.27. The minimum Gasteiger partial charge on any atom is -0.299 e. The van der Waals surface area contributed by atoms with Crippen LogP contribution in [0.1, 0.15) is 26.7 Å². The maximum Gasteiger partial charge on any atom is 0.138 e. The van der Waals surface area contributed by atoms with Crippen molar-refractivity contribution >= 4 is 11.5 Å². The van der Waals surface area contributed by atoms with E-state index in [0.29, 0.717) is 12.8 Å². The Labute approximate surface area is 56.0 Å². The lowest BCUT2D eigenvalue weighted by Crippen LogP contribution is -2.02. The summed E-state index contributed by atoms with van der Waals surface area (Å²) in [5.41, 5.74) is 0.918. The first-order valence-corrected chi connectivity index (χ1v) is 3.14. The van der Waals surface area contributed by atoms with E-state index in [1.165, 1.54) is 0 Å². The van der Waals surface area contributed by atoms with Gasteiger partial charge in [-0.25, -0.2) is 0 Å². The molecule has 0 aliphatic heterocycles. The molecule has 0 aromatic heterocycles. The van der Waals surface area contributed by atoms with Gasteiger partial charge in [-0.2, -0.15) is 0 Å². The van der Waals surface area contributed by atoms with Gasteiger partial charge < -0.3 is 0 Å². The summed E-state index contributed by atoms with van der Waals surface area (Å²) in [6.45, 7) is 3.73. The van der Waals surface area contributed by atoms with Crippen LogP contribution >= 0.6 is 0 Å². The first-order chi connectivity index (χ1) is 4.20. The Hall–Kier alpha value is -0.660. The molecule has 9 heavy (non-hydrogen) atoms. The minimum atomic E-state index is 0.262. The Bertz CT molecular complexity index is 127. The van der Waals surface area contributed by atoms with Gasteiger partial charge in [0.25, 0.3) is 0 Å². The van der Waals surface area contributed by atoms with E-state index >= 15 is 0 Å². The van der Waals surface area contributed by atoms with Crippen molar-refractivity contribution in [2.45, 2.75) is 26.7 Å². The molecule has 0 unspecified atom stereocenters. The average molecular weight is 127 g/mol. The smallest absolute Gasteiger partial charge is 0.138 e. The highest BCUT2D eigenvalue weighted by molar-refractivity contribution is 6.00. The van der Waals surface area contributed by atoms with Gasteiger partial charge in [-0.15, -0.1) is 0 Å². The molecular formula is C7H13NO. The fourth-order valence-electron chi connectivity index (χ4n) is 0.489. The molecule has 0 fully saturated rings. The average Bonchev–Trinajstić information content (AvgIpc) is 1.87. The summed E-state index contributed by atoms with van der Waals surface area (Å²) in [7, 11) is 1.71. The van der Waals surface area contributed by atoms with Crippen LogP contribution in [0.4, 0.5) is 0 Å². The van der Waals surface area contributed by atoms with Gasteiger partial charge in [-0.05, 0) is 6.92 Å². The fourth-order valence-corrected chi connectivity index (χ4v) is 0.489. The Balaban J connectivity index is 3.60. The molecule has 0 heterocycles. The van der Waals surface area contributed by atoms with Crippen LogP contribution in [-0.4, -0.2) is 18.5 Å². The molecule has 0 bridgehead atoms. The molecule has 0 N–H and O–H groups in total. The molecular weight excluding hydrogens is 114 g/mol. The summed E-state index contributed by atoms with van der Waals surface area (Å²) >= 11 is 0.